The van der Waals surface area contributed by atoms with E-state index in [0.717, 1.165) is 55.1 Å². The minimum atomic E-state index is -4.35. The Morgan fingerprint density at radius 3 is 2.32 bits per heavy atom. The van der Waals surface area contributed by atoms with Crippen LogP contribution in [-0.2, 0) is 35.5 Å². The highest BCUT2D eigenvalue weighted by Gasteiger charge is 2.31. The first kappa shape index (κ1) is 34.1. The first-order chi connectivity index (χ1) is 19.4. The van der Waals surface area contributed by atoms with Crippen molar-refractivity contribution in [2.24, 2.45) is 0 Å². The summed E-state index contributed by atoms with van der Waals surface area (Å²) in [5.74, 6) is 0.126. The Labute approximate surface area is 239 Å². The maximum atomic E-state index is 12.9. The number of halogens is 3. The molecule has 0 aliphatic rings. The fourth-order valence-electron chi connectivity index (χ4n) is 4.44. The van der Waals surface area contributed by atoms with E-state index in [9.17, 15) is 27.6 Å². The van der Waals surface area contributed by atoms with Crippen molar-refractivity contribution < 1.29 is 27.4 Å². The van der Waals surface area contributed by atoms with Crippen molar-refractivity contribution in [3.8, 4) is 5.75 Å². The molecule has 0 amide bonds. The average Bonchev–Trinajstić information content (AvgIpc) is 2.90. The van der Waals surface area contributed by atoms with Crippen LogP contribution in [0.25, 0.3) is 0 Å². The SMILES string of the molecule is CCCCCCc1nn(CCCCCc2cccc(OC(C)(C)C(=O)OCC)c2)c(=O)n(CCCC(F)(F)F)c1=O. The molecule has 0 spiro atoms. The van der Waals surface area contributed by atoms with Gasteiger partial charge < -0.3 is 9.47 Å². The summed E-state index contributed by atoms with van der Waals surface area (Å²) in [7, 11) is 0. The third-order valence-electron chi connectivity index (χ3n) is 6.67. The van der Waals surface area contributed by atoms with Crippen LogP contribution in [0.3, 0.4) is 0 Å². The molecule has 0 atom stereocenters. The monoisotopic (exact) mass is 583 g/mol. The van der Waals surface area contributed by atoms with Gasteiger partial charge in [-0.25, -0.2) is 14.3 Å². The summed E-state index contributed by atoms with van der Waals surface area (Å²) >= 11 is 0. The second-order valence-corrected chi connectivity index (χ2v) is 10.7. The maximum absolute atomic E-state index is 12.9. The van der Waals surface area contributed by atoms with Crippen LogP contribution in [0.15, 0.2) is 33.9 Å². The van der Waals surface area contributed by atoms with Crippen molar-refractivity contribution in [1.29, 1.82) is 0 Å². The Morgan fingerprint density at radius 1 is 0.927 bits per heavy atom. The molecule has 0 bridgehead atoms. The van der Waals surface area contributed by atoms with E-state index in [1.165, 1.54) is 4.68 Å². The van der Waals surface area contributed by atoms with Crippen molar-refractivity contribution in [3.63, 3.8) is 0 Å². The number of rotatable bonds is 18. The Hall–Kier alpha value is -3.11. The standard InChI is InChI=1S/C30H44F3N3O5/c1-5-7-8-11-18-25-26(37)35(20-14-19-30(31,32)33)28(39)36(34-25)21-12-9-10-15-23-16-13-17-24(22-23)41-29(3,4)27(38)40-6-2/h13,16-17,22H,5-12,14-15,18-21H2,1-4H3. The topological polar surface area (TPSA) is 92.4 Å². The fourth-order valence-corrected chi connectivity index (χ4v) is 4.44. The van der Waals surface area contributed by atoms with Gasteiger partial charge in [0.25, 0.3) is 5.56 Å². The number of aromatic nitrogens is 3. The molecule has 1 aromatic heterocycles. The van der Waals surface area contributed by atoms with Gasteiger partial charge in [-0.15, -0.1) is 0 Å². The van der Waals surface area contributed by atoms with E-state index in [2.05, 4.69) is 12.0 Å². The molecule has 0 aliphatic carbocycles. The molecular formula is C30H44F3N3O5. The number of ether oxygens (including phenoxy) is 2. The zero-order valence-corrected chi connectivity index (χ0v) is 24.7. The number of nitrogens with zero attached hydrogens (tertiary/aromatic N) is 3. The normalized spacial score (nSPS) is 12.0. The molecule has 2 aromatic rings. The van der Waals surface area contributed by atoms with Crippen molar-refractivity contribution >= 4 is 5.97 Å². The molecular weight excluding hydrogens is 539 g/mol. The number of esters is 1. The van der Waals surface area contributed by atoms with E-state index in [1.807, 2.05) is 18.2 Å². The van der Waals surface area contributed by atoms with Crippen LogP contribution in [-0.4, -0.2) is 38.7 Å². The molecule has 0 saturated heterocycles. The Morgan fingerprint density at radius 2 is 1.63 bits per heavy atom. The van der Waals surface area contributed by atoms with Crippen LogP contribution in [0.2, 0.25) is 0 Å². The third kappa shape index (κ3) is 11.7. The maximum Gasteiger partial charge on any atom is 0.389 e. The van der Waals surface area contributed by atoms with Gasteiger partial charge in [0.15, 0.2) is 5.60 Å². The predicted octanol–water partition coefficient (Wildman–Crippen LogP) is 6.00. The number of unbranched alkanes of at least 4 members (excludes halogenated alkanes) is 5. The molecule has 0 aliphatic heterocycles. The molecule has 8 nitrogen and oxygen atoms in total. The van der Waals surface area contributed by atoms with Gasteiger partial charge in [0.2, 0.25) is 0 Å². The Balaban J connectivity index is 2.01. The lowest BCUT2D eigenvalue weighted by Gasteiger charge is -2.24. The van der Waals surface area contributed by atoms with Crippen molar-refractivity contribution in [3.05, 3.63) is 56.4 Å². The Kier molecular flexibility index (Phi) is 13.6. The number of benzene rings is 1. The summed E-state index contributed by atoms with van der Waals surface area (Å²) in [5.41, 5.74) is -1.10. The quantitative estimate of drug-likeness (QED) is 0.158. The number of aryl methyl sites for hydroxylation is 3. The number of carbonyl (C=O) groups excluding carboxylic acids is 1. The molecule has 0 N–H and O–H groups in total. The average molecular weight is 584 g/mol. The van der Waals surface area contributed by atoms with Gasteiger partial charge in [0, 0.05) is 19.5 Å². The molecule has 1 heterocycles. The molecule has 230 valence electrons. The van der Waals surface area contributed by atoms with E-state index in [1.54, 1.807) is 26.8 Å². The molecule has 0 fully saturated rings. The summed E-state index contributed by atoms with van der Waals surface area (Å²) in [6.07, 6.45) is 1.29. The first-order valence-corrected chi connectivity index (χ1v) is 14.6. The Bertz CT molecular complexity index is 1220. The first-order valence-electron chi connectivity index (χ1n) is 14.6. The number of hydrogen-bond acceptors (Lipinski definition) is 6. The number of alkyl halides is 3. The summed E-state index contributed by atoms with van der Waals surface area (Å²) in [4.78, 5) is 37.9. The molecule has 0 saturated carbocycles. The van der Waals surface area contributed by atoms with Gasteiger partial charge in [-0.05, 0) is 77.0 Å². The highest BCUT2D eigenvalue weighted by Crippen LogP contribution is 2.22. The smallest absolute Gasteiger partial charge is 0.389 e. The zero-order valence-electron chi connectivity index (χ0n) is 24.7. The lowest BCUT2D eigenvalue weighted by molar-refractivity contribution is -0.158. The second-order valence-electron chi connectivity index (χ2n) is 10.7. The molecule has 0 unspecified atom stereocenters. The van der Waals surface area contributed by atoms with E-state index in [0.29, 0.717) is 18.6 Å². The van der Waals surface area contributed by atoms with Gasteiger partial charge >= 0.3 is 17.8 Å². The highest BCUT2D eigenvalue weighted by molar-refractivity contribution is 5.79. The summed E-state index contributed by atoms with van der Waals surface area (Å²) in [6.45, 7) is 7.39. The lowest BCUT2D eigenvalue weighted by Crippen LogP contribution is -2.43. The van der Waals surface area contributed by atoms with Crippen LogP contribution in [0.4, 0.5) is 13.2 Å². The van der Waals surface area contributed by atoms with E-state index in [-0.39, 0.29) is 31.8 Å². The lowest BCUT2D eigenvalue weighted by atomic mass is 10.1. The largest absolute Gasteiger partial charge is 0.476 e. The summed E-state index contributed by atoms with van der Waals surface area (Å²) < 4.78 is 51.1. The highest BCUT2D eigenvalue weighted by atomic mass is 19.4. The van der Waals surface area contributed by atoms with Crippen molar-refractivity contribution in [1.82, 2.24) is 14.3 Å². The van der Waals surface area contributed by atoms with Crippen molar-refractivity contribution in [2.45, 2.75) is 123 Å². The minimum Gasteiger partial charge on any atom is -0.476 e. The number of carbonyl (C=O) groups is 1. The van der Waals surface area contributed by atoms with E-state index in [4.69, 9.17) is 9.47 Å². The van der Waals surface area contributed by atoms with Crippen LogP contribution in [0, 0.1) is 0 Å². The van der Waals surface area contributed by atoms with Gasteiger partial charge in [0.05, 0.1) is 6.61 Å². The van der Waals surface area contributed by atoms with Gasteiger partial charge in [-0.3, -0.25) is 9.36 Å². The molecule has 41 heavy (non-hydrogen) atoms. The number of hydrogen-bond donors (Lipinski definition) is 0. The van der Waals surface area contributed by atoms with Crippen LogP contribution in [0.1, 0.15) is 96.7 Å². The van der Waals surface area contributed by atoms with Crippen LogP contribution < -0.4 is 16.0 Å². The molecule has 1 aromatic carbocycles. The third-order valence-corrected chi connectivity index (χ3v) is 6.67. The van der Waals surface area contributed by atoms with Crippen molar-refractivity contribution in [2.75, 3.05) is 6.61 Å². The second kappa shape index (κ2) is 16.4. The van der Waals surface area contributed by atoms with Crippen LogP contribution >= 0.6 is 0 Å². The van der Waals surface area contributed by atoms with Gasteiger partial charge in [-0.1, -0.05) is 44.7 Å². The molecule has 11 heteroatoms. The van der Waals surface area contributed by atoms with Gasteiger partial charge in [-0.2, -0.15) is 18.3 Å². The zero-order chi connectivity index (χ0) is 30.5. The van der Waals surface area contributed by atoms with E-state index >= 15 is 0 Å². The van der Waals surface area contributed by atoms with E-state index < -0.39 is 35.4 Å². The summed E-state index contributed by atoms with van der Waals surface area (Å²) in [6, 6.07) is 7.50. The van der Waals surface area contributed by atoms with Crippen LogP contribution in [0.5, 0.6) is 5.75 Å². The van der Waals surface area contributed by atoms with Gasteiger partial charge in [0.1, 0.15) is 11.4 Å². The fraction of sp³-hybridized carbons (Fsp3) is 0.667. The predicted molar refractivity (Wildman–Crippen MR) is 151 cm³/mol. The minimum absolute atomic E-state index is 0.232. The molecule has 0 radical (unpaired) electrons. The summed E-state index contributed by atoms with van der Waals surface area (Å²) in [5, 5.41) is 4.31. The molecule has 2 rings (SSSR count).